The maximum absolute atomic E-state index is 11.2. The maximum Gasteiger partial charge on any atom is 0.218 e. The molecule has 0 saturated carbocycles. The molecule has 0 aliphatic heterocycles. The van der Waals surface area contributed by atoms with Gasteiger partial charge >= 0.3 is 0 Å². The molecule has 0 aliphatic rings. The largest absolute Gasteiger partial charge is 0.475 e. The maximum atomic E-state index is 11.2. The first-order chi connectivity index (χ1) is 8.11. The van der Waals surface area contributed by atoms with E-state index in [1.165, 1.54) is 6.33 Å². The first-order valence-corrected chi connectivity index (χ1v) is 7.18. The van der Waals surface area contributed by atoms with Gasteiger partial charge in [0.05, 0.1) is 6.10 Å². The van der Waals surface area contributed by atoms with Crippen molar-refractivity contribution in [2.75, 3.05) is 23.4 Å². The van der Waals surface area contributed by atoms with Crippen LogP contribution in [0.5, 0.6) is 5.88 Å². The molecule has 17 heavy (non-hydrogen) atoms. The van der Waals surface area contributed by atoms with Crippen LogP contribution in [0.1, 0.15) is 20.8 Å². The Kier molecular flexibility index (Phi) is 5.90. The molecule has 0 fully saturated rings. The third-order valence-corrected chi connectivity index (χ3v) is 3.26. The van der Waals surface area contributed by atoms with Gasteiger partial charge in [0.2, 0.25) is 5.88 Å². The van der Waals surface area contributed by atoms with Crippen molar-refractivity contribution >= 4 is 16.6 Å². The molecule has 0 spiro atoms. The van der Waals surface area contributed by atoms with Gasteiger partial charge in [0.25, 0.3) is 0 Å². The van der Waals surface area contributed by atoms with Crippen LogP contribution in [0.3, 0.4) is 0 Å². The Morgan fingerprint density at radius 3 is 2.88 bits per heavy atom. The number of hydrogen-bond acceptors (Lipinski definition) is 5. The van der Waals surface area contributed by atoms with Gasteiger partial charge in [0.15, 0.2) is 0 Å². The SMILES string of the molecule is CCS(=O)CCNc1cc(OC(C)C)ncn1. The predicted molar refractivity (Wildman–Crippen MR) is 69.8 cm³/mol. The summed E-state index contributed by atoms with van der Waals surface area (Å²) < 4.78 is 16.7. The molecule has 96 valence electrons. The van der Waals surface area contributed by atoms with E-state index in [4.69, 9.17) is 4.74 Å². The zero-order chi connectivity index (χ0) is 12.7. The second-order valence-electron chi connectivity index (χ2n) is 3.77. The summed E-state index contributed by atoms with van der Waals surface area (Å²) in [6, 6.07) is 1.74. The van der Waals surface area contributed by atoms with Crippen molar-refractivity contribution in [2.45, 2.75) is 26.9 Å². The smallest absolute Gasteiger partial charge is 0.218 e. The molecule has 0 bridgehead atoms. The number of aromatic nitrogens is 2. The van der Waals surface area contributed by atoms with Crippen LogP contribution in [-0.2, 0) is 10.8 Å². The lowest BCUT2D eigenvalue weighted by Gasteiger charge is -2.09. The molecule has 1 unspecified atom stereocenters. The van der Waals surface area contributed by atoms with Gasteiger partial charge in [-0.15, -0.1) is 0 Å². The molecular weight excluding hydrogens is 238 g/mol. The predicted octanol–water partition coefficient (Wildman–Crippen LogP) is 1.44. The van der Waals surface area contributed by atoms with Crippen LogP contribution < -0.4 is 10.1 Å². The van der Waals surface area contributed by atoms with Crippen molar-refractivity contribution in [3.63, 3.8) is 0 Å². The van der Waals surface area contributed by atoms with E-state index in [1.807, 2.05) is 20.8 Å². The molecule has 0 aromatic carbocycles. The quantitative estimate of drug-likeness (QED) is 0.801. The van der Waals surface area contributed by atoms with Gasteiger partial charge in [0.1, 0.15) is 12.1 Å². The van der Waals surface area contributed by atoms with Crippen molar-refractivity contribution < 1.29 is 8.95 Å². The molecule has 1 aromatic heterocycles. The fourth-order valence-corrected chi connectivity index (χ4v) is 1.80. The molecule has 0 saturated heterocycles. The van der Waals surface area contributed by atoms with E-state index in [0.717, 1.165) is 0 Å². The molecule has 0 aliphatic carbocycles. The highest BCUT2D eigenvalue weighted by atomic mass is 32.2. The van der Waals surface area contributed by atoms with Crippen LogP contribution in [-0.4, -0.2) is 38.3 Å². The number of rotatable bonds is 7. The summed E-state index contributed by atoms with van der Waals surface area (Å²) in [5, 5.41) is 3.10. The van der Waals surface area contributed by atoms with Gasteiger partial charge < -0.3 is 10.1 Å². The molecule has 1 atom stereocenters. The average Bonchev–Trinajstić information content (AvgIpc) is 2.28. The van der Waals surface area contributed by atoms with E-state index >= 15 is 0 Å². The van der Waals surface area contributed by atoms with Gasteiger partial charge in [-0.2, -0.15) is 0 Å². The number of hydrogen-bond donors (Lipinski definition) is 1. The number of ether oxygens (including phenoxy) is 1. The molecule has 1 rings (SSSR count). The Morgan fingerprint density at radius 2 is 2.24 bits per heavy atom. The summed E-state index contributed by atoms with van der Waals surface area (Å²) in [5.74, 6) is 2.56. The highest BCUT2D eigenvalue weighted by Gasteiger charge is 2.02. The van der Waals surface area contributed by atoms with Crippen molar-refractivity contribution in [3.8, 4) is 5.88 Å². The van der Waals surface area contributed by atoms with E-state index in [2.05, 4.69) is 15.3 Å². The highest BCUT2D eigenvalue weighted by molar-refractivity contribution is 7.84. The topological polar surface area (TPSA) is 64.1 Å². The Morgan fingerprint density at radius 1 is 1.47 bits per heavy atom. The number of anilines is 1. The summed E-state index contributed by atoms with van der Waals surface area (Å²) in [6.45, 7) is 6.44. The first-order valence-electron chi connectivity index (χ1n) is 5.69. The number of nitrogens with zero attached hydrogens (tertiary/aromatic N) is 2. The molecule has 0 radical (unpaired) electrons. The molecular formula is C11H19N3O2S. The normalized spacial score (nSPS) is 12.5. The molecule has 0 amide bonds. The highest BCUT2D eigenvalue weighted by Crippen LogP contribution is 2.12. The Labute approximate surface area is 104 Å². The first kappa shape index (κ1) is 13.9. The summed E-state index contributed by atoms with van der Waals surface area (Å²) in [5.41, 5.74) is 0. The third-order valence-electron chi connectivity index (χ3n) is 1.96. The van der Waals surface area contributed by atoms with Crippen molar-refractivity contribution in [1.82, 2.24) is 9.97 Å². The molecule has 1 heterocycles. The Hall–Kier alpha value is -1.17. The van der Waals surface area contributed by atoms with Crippen LogP contribution in [0.2, 0.25) is 0 Å². The van der Waals surface area contributed by atoms with Gasteiger partial charge in [-0.05, 0) is 13.8 Å². The average molecular weight is 257 g/mol. The summed E-state index contributed by atoms with van der Waals surface area (Å²) in [7, 11) is -0.752. The zero-order valence-corrected chi connectivity index (χ0v) is 11.3. The van der Waals surface area contributed by atoms with Crippen molar-refractivity contribution in [2.24, 2.45) is 0 Å². The molecule has 6 heteroatoms. The van der Waals surface area contributed by atoms with E-state index in [1.54, 1.807) is 6.07 Å². The van der Waals surface area contributed by atoms with Gasteiger partial charge in [-0.1, -0.05) is 6.92 Å². The minimum atomic E-state index is -0.752. The lowest BCUT2D eigenvalue weighted by molar-refractivity contribution is 0.232. The van der Waals surface area contributed by atoms with Gasteiger partial charge in [-0.3, -0.25) is 4.21 Å². The fraction of sp³-hybridized carbons (Fsp3) is 0.636. The van der Waals surface area contributed by atoms with E-state index in [-0.39, 0.29) is 6.10 Å². The van der Waals surface area contributed by atoms with E-state index in [9.17, 15) is 4.21 Å². The fourth-order valence-electron chi connectivity index (χ4n) is 1.18. The summed E-state index contributed by atoms with van der Waals surface area (Å²) >= 11 is 0. The summed E-state index contributed by atoms with van der Waals surface area (Å²) in [6.07, 6.45) is 1.54. The second kappa shape index (κ2) is 7.21. The molecule has 1 N–H and O–H groups in total. The minimum absolute atomic E-state index is 0.0883. The van der Waals surface area contributed by atoms with Crippen LogP contribution >= 0.6 is 0 Å². The van der Waals surface area contributed by atoms with Crippen molar-refractivity contribution in [3.05, 3.63) is 12.4 Å². The van der Waals surface area contributed by atoms with E-state index < -0.39 is 10.8 Å². The van der Waals surface area contributed by atoms with Crippen LogP contribution in [0.15, 0.2) is 12.4 Å². The summed E-state index contributed by atoms with van der Waals surface area (Å²) in [4.78, 5) is 8.07. The van der Waals surface area contributed by atoms with Gasteiger partial charge in [-0.25, -0.2) is 9.97 Å². The zero-order valence-electron chi connectivity index (χ0n) is 10.5. The lowest BCUT2D eigenvalue weighted by atomic mass is 10.5. The molecule has 1 aromatic rings. The van der Waals surface area contributed by atoms with E-state index in [0.29, 0.717) is 29.7 Å². The van der Waals surface area contributed by atoms with Crippen LogP contribution in [0.25, 0.3) is 0 Å². The monoisotopic (exact) mass is 257 g/mol. The lowest BCUT2D eigenvalue weighted by Crippen LogP contribution is -2.13. The third kappa shape index (κ3) is 5.63. The minimum Gasteiger partial charge on any atom is -0.475 e. The Balaban J connectivity index is 2.45. The Bertz CT molecular complexity index is 371. The van der Waals surface area contributed by atoms with Gasteiger partial charge in [0, 0.05) is 34.9 Å². The molecule has 5 nitrogen and oxygen atoms in total. The number of nitrogens with one attached hydrogen (secondary N) is 1. The standard InChI is InChI=1S/C11H19N3O2S/c1-4-17(15)6-5-12-10-7-11(14-8-13-10)16-9(2)3/h7-9H,4-6H2,1-3H3,(H,12,13,14). The van der Waals surface area contributed by atoms with Crippen LogP contribution in [0.4, 0.5) is 5.82 Å². The van der Waals surface area contributed by atoms with Crippen molar-refractivity contribution in [1.29, 1.82) is 0 Å². The van der Waals surface area contributed by atoms with Crippen LogP contribution in [0, 0.1) is 0 Å². The second-order valence-corrected chi connectivity index (χ2v) is 5.63.